The van der Waals surface area contributed by atoms with E-state index in [0.717, 1.165) is 17.9 Å². The van der Waals surface area contributed by atoms with Crippen LogP contribution in [0.15, 0.2) is 29.6 Å². The van der Waals surface area contributed by atoms with E-state index in [9.17, 15) is 0 Å². The van der Waals surface area contributed by atoms with Crippen LogP contribution in [0.4, 0.5) is 0 Å². The molecule has 0 saturated heterocycles. The normalized spacial score (nSPS) is 9.86. The van der Waals surface area contributed by atoms with Gasteiger partial charge in [-0.2, -0.15) is 0 Å². The number of hydrogen-bond donors (Lipinski definition) is 1. The number of methoxy groups -OCH3 is 3. The van der Waals surface area contributed by atoms with Crippen LogP contribution in [0.25, 0.3) is 0 Å². The topological polar surface area (TPSA) is 39.7 Å². The predicted octanol–water partition coefficient (Wildman–Crippen LogP) is 0.0677. The van der Waals surface area contributed by atoms with Gasteiger partial charge in [0.05, 0.1) is 21.3 Å². The van der Waals surface area contributed by atoms with Gasteiger partial charge in [0.2, 0.25) is 0 Å². The summed E-state index contributed by atoms with van der Waals surface area (Å²) < 4.78 is 16.0. The summed E-state index contributed by atoms with van der Waals surface area (Å²) in [7, 11) is 4.91. The van der Waals surface area contributed by atoms with Crippen LogP contribution in [0, 0.1) is 0 Å². The van der Waals surface area contributed by atoms with Crippen molar-refractivity contribution in [3.05, 3.63) is 40.1 Å². The highest BCUT2D eigenvalue weighted by molar-refractivity contribution is 7.09. The molecule has 0 unspecified atom stereocenters. The van der Waals surface area contributed by atoms with Crippen LogP contribution in [-0.2, 0) is 13.1 Å². The Hall–Kier alpha value is -1.43. The molecule has 21 heavy (non-hydrogen) atoms. The van der Waals surface area contributed by atoms with Crippen molar-refractivity contribution in [2.24, 2.45) is 0 Å². The molecule has 6 heteroatoms. The molecule has 4 nitrogen and oxygen atoms in total. The van der Waals surface area contributed by atoms with Crippen molar-refractivity contribution in [3.63, 3.8) is 0 Å². The first-order valence-corrected chi connectivity index (χ1v) is 7.18. The molecule has 1 N–H and O–H groups in total. The average molecular weight is 329 g/mol. The van der Waals surface area contributed by atoms with E-state index in [2.05, 4.69) is 22.8 Å². The Morgan fingerprint density at radius 3 is 2.19 bits per heavy atom. The molecule has 2 rings (SSSR count). The lowest BCUT2D eigenvalue weighted by Gasteiger charge is -2.14. The van der Waals surface area contributed by atoms with Crippen LogP contribution in [0.1, 0.15) is 10.4 Å². The lowest BCUT2D eigenvalue weighted by molar-refractivity contribution is -0.00000489. The molecule has 2 aromatic rings. The van der Waals surface area contributed by atoms with E-state index in [0.29, 0.717) is 18.0 Å². The minimum atomic E-state index is 0. The highest BCUT2D eigenvalue weighted by Crippen LogP contribution is 2.34. The van der Waals surface area contributed by atoms with Crippen LogP contribution < -0.4 is 31.9 Å². The van der Waals surface area contributed by atoms with Gasteiger partial charge in [-0.05, 0) is 17.5 Å². The highest BCUT2D eigenvalue weighted by Gasteiger charge is 2.11. The lowest BCUT2D eigenvalue weighted by Crippen LogP contribution is -3.00. The second-order valence-corrected chi connectivity index (χ2v) is 5.23. The average Bonchev–Trinajstić information content (AvgIpc) is 2.99. The standard InChI is InChI=1S/C15H19NO3S.ClH/c1-17-13-8-15(19-3)14(18-2)7-11(13)9-16-10-12-5-4-6-20-12;/h4-8,16H,9-10H2,1-3H3;1H/p-1. The fourth-order valence-corrected chi connectivity index (χ4v) is 2.64. The number of hydrogen-bond acceptors (Lipinski definition) is 5. The van der Waals surface area contributed by atoms with E-state index in [-0.39, 0.29) is 12.4 Å². The van der Waals surface area contributed by atoms with E-state index < -0.39 is 0 Å². The van der Waals surface area contributed by atoms with Gasteiger partial charge in [0, 0.05) is 29.6 Å². The molecule has 0 aliphatic rings. The molecule has 0 bridgehead atoms. The van der Waals surface area contributed by atoms with Crippen molar-refractivity contribution in [1.82, 2.24) is 5.32 Å². The van der Waals surface area contributed by atoms with E-state index >= 15 is 0 Å². The molecule has 0 radical (unpaired) electrons. The smallest absolute Gasteiger partial charge is 0.164 e. The summed E-state index contributed by atoms with van der Waals surface area (Å²) in [4.78, 5) is 1.31. The van der Waals surface area contributed by atoms with Crippen LogP contribution in [0.2, 0.25) is 0 Å². The van der Waals surface area contributed by atoms with Crippen LogP contribution >= 0.6 is 11.3 Å². The third kappa shape index (κ3) is 4.52. The van der Waals surface area contributed by atoms with Gasteiger partial charge in [-0.15, -0.1) is 11.3 Å². The first-order chi connectivity index (χ1) is 9.78. The Bertz CT molecular complexity index is 546. The van der Waals surface area contributed by atoms with Crippen molar-refractivity contribution in [3.8, 4) is 17.2 Å². The first-order valence-electron chi connectivity index (χ1n) is 6.30. The van der Waals surface area contributed by atoms with Gasteiger partial charge in [-0.1, -0.05) is 6.07 Å². The Labute approximate surface area is 135 Å². The van der Waals surface area contributed by atoms with Crippen LogP contribution in [0.5, 0.6) is 17.2 Å². The van der Waals surface area contributed by atoms with Gasteiger partial charge >= 0.3 is 0 Å². The Kier molecular flexibility index (Phi) is 7.36. The number of benzene rings is 1. The minimum Gasteiger partial charge on any atom is -1.00 e. The molecule has 0 aliphatic carbocycles. The van der Waals surface area contributed by atoms with E-state index in [1.807, 2.05) is 12.1 Å². The van der Waals surface area contributed by atoms with Crippen molar-refractivity contribution < 1.29 is 26.6 Å². The molecular weight excluding hydrogens is 310 g/mol. The zero-order valence-electron chi connectivity index (χ0n) is 12.3. The van der Waals surface area contributed by atoms with Crippen LogP contribution in [0.3, 0.4) is 0 Å². The molecule has 116 valence electrons. The number of rotatable bonds is 7. The van der Waals surface area contributed by atoms with Gasteiger partial charge < -0.3 is 31.9 Å². The SMILES string of the molecule is COc1cc(OC)c(OC)cc1CNCc1cccs1.[Cl-]. The molecule has 0 aliphatic heterocycles. The Morgan fingerprint density at radius 1 is 0.952 bits per heavy atom. The van der Waals surface area contributed by atoms with E-state index in [4.69, 9.17) is 14.2 Å². The monoisotopic (exact) mass is 328 g/mol. The predicted molar refractivity (Wildman–Crippen MR) is 81.0 cm³/mol. The van der Waals surface area contributed by atoms with E-state index in [1.54, 1.807) is 32.7 Å². The molecular formula is C15H19ClNO3S-. The van der Waals surface area contributed by atoms with Gasteiger partial charge in [0.1, 0.15) is 5.75 Å². The summed E-state index contributed by atoms with van der Waals surface area (Å²) >= 11 is 1.74. The second-order valence-electron chi connectivity index (χ2n) is 4.20. The van der Waals surface area contributed by atoms with Crippen molar-refractivity contribution >= 4 is 11.3 Å². The molecule has 0 atom stereocenters. The molecule has 1 heterocycles. The summed E-state index contributed by atoms with van der Waals surface area (Å²) in [5, 5.41) is 5.48. The zero-order valence-corrected chi connectivity index (χ0v) is 13.9. The van der Waals surface area contributed by atoms with Crippen molar-refractivity contribution in [1.29, 1.82) is 0 Å². The summed E-state index contributed by atoms with van der Waals surface area (Å²) in [6.07, 6.45) is 0. The number of nitrogens with one attached hydrogen (secondary N) is 1. The summed E-state index contributed by atoms with van der Waals surface area (Å²) in [5.74, 6) is 2.17. The molecule has 0 fully saturated rings. The largest absolute Gasteiger partial charge is 1.00 e. The summed E-state index contributed by atoms with van der Waals surface area (Å²) in [6, 6.07) is 7.96. The maximum absolute atomic E-state index is 5.40. The van der Waals surface area contributed by atoms with E-state index in [1.165, 1.54) is 4.88 Å². The highest BCUT2D eigenvalue weighted by atomic mass is 35.5. The quantitative estimate of drug-likeness (QED) is 0.781. The Balaban J connectivity index is 0.00000220. The maximum atomic E-state index is 5.40. The van der Waals surface area contributed by atoms with Gasteiger partial charge in [0.25, 0.3) is 0 Å². The second kappa shape index (κ2) is 8.77. The molecule has 0 amide bonds. The molecule has 1 aromatic carbocycles. The third-order valence-corrected chi connectivity index (χ3v) is 3.86. The summed E-state index contributed by atoms with van der Waals surface area (Å²) in [6.45, 7) is 1.55. The van der Waals surface area contributed by atoms with Gasteiger partial charge in [-0.25, -0.2) is 0 Å². The number of halogens is 1. The van der Waals surface area contributed by atoms with Crippen molar-refractivity contribution in [2.75, 3.05) is 21.3 Å². The summed E-state index contributed by atoms with van der Waals surface area (Å²) in [5.41, 5.74) is 1.04. The molecule has 0 saturated carbocycles. The van der Waals surface area contributed by atoms with Gasteiger partial charge in [0.15, 0.2) is 11.5 Å². The Morgan fingerprint density at radius 2 is 1.62 bits per heavy atom. The number of thiophene rings is 1. The first kappa shape index (κ1) is 17.6. The third-order valence-electron chi connectivity index (χ3n) is 2.98. The minimum absolute atomic E-state index is 0. The van der Waals surface area contributed by atoms with Crippen molar-refractivity contribution in [2.45, 2.75) is 13.1 Å². The number of ether oxygens (including phenoxy) is 3. The lowest BCUT2D eigenvalue weighted by atomic mass is 10.1. The fraction of sp³-hybridized carbons (Fsp3) is 0.333. The fourth-order valence-electron chi connectivity index (χ4n) is 1.96. The zero-order chi connectivity index (χ0) is 14.4. The molecule has 1 aromatic heterocycles. The maximum Gasteiger partial charge on any atom is 0.164 e. The molecule has 0 spiro atoms. The van der Waals surface area contributed by atoms with Gasteiger partial charge in [-0.3, -0.25) is 0 Å². The van der Waals surface area contributed by atoms with Crippen LogP contribution in [-0.4, -0.2) is 21.3 Å².